The van der Waals surface area contributed by atoms with E-state index in [2.05, 4.69) is 10.6 Å². The zero-order valence-electron chi connectivity index (χ0n) is 12.5. The topological polar surface area (TPSA) is 53.6 Å². The Morgan fingerprint density at radius 3 is 3.00 bits per heavy atom. The zero-order valence-corrected chi connectivity index (χ0v) is 12.5. The summed E-state index contributed by atoms with van der Waals surface area (Å²) in [6, 6.07) is 7.83. The molecule has 5 heteroatoms. The van der Waals surface area contributed by atoms with Gasteiger partial charge in [-0.3, -0.25) is 4.79 Å². The lowest BCUT2D eigenvalue weighted by Crippen LogP contribution is -2.51. The molecule has 2 heterocycles. The molecule has 3 rings (SSSR count). The number of para-hydroxylation sites is 2. The quantitative estimate of drug-likeness (QED) is 0.890. The summed E-state index contributed by atoms with van der Waals surface area (Å²) in [5, 5.41) is 6.69. The Hall–Kier alpha value is -1.75. The van der Waals surface area contributed by atoms with Gasteiger partial charge in [0, 0.05) is 26.7 Å². The number of methoxy groups -OCH3 is 1. The van der Waals surface area contributed by atoms with E-state index in [4.69, 9.17) is 4.74 Å². The Bertz CT molecular complexity index is 504. The van der Waals surface area contributed by atoms with Gasteiger partial charge >= 0.3 is 0 Å². The van der Waals surface area contributed by atoms with Crippen molar-refractivity contribution in [3.05, 3.63) is 24.3 Å². The summed E-state index contributed by atoms with van der Waals surface area (Å²) in [5.41, 5.74) is 2.07. The van der Waals surface area contributed by atoms with Crippen molar-refractivity contribution in [2.24, 2.45) is 5.92 Å². The van der Waals surface area contributed by atoms with Gasteiger partial charge in [0.2, 0.25) is 5.91 Å². The summed E-state index contributed by atoms with van der Waals surface area (Å²) < 4.78 is 5.24. The van der Waals surface area contributed by atoms with Crippen molar-refractivity contribution in [3.63, 3.8) is 0 Å². The highest BCUT2D eigenvalue weighted by molar-refractivity contribution is 5.88. The molecule has 1 aromatic carbocycles. The van der Waals surface area contributed by atoms with Crippen LogP contribution in [0.15, 0.2) is 24.3 Å². The second-order valence-corrected chi connectivity index (χ2v) is 5.87. The predicted molar refractivity (Wildman–Crippen MR) is 83.5 cm³/mol. The van der Waals surface area contributed by atoms with Crippen LogP contribution in [-0.2, 0) is 9.53 Å². The van der Waals surface area contributed by atoms with Crippen molar-refractivity contribution in [1.29, 1.82) is 0 Å². The number of ether oxygens (including phenoxy) is 1. The number of fused-ring (bicyclic) bond motifs is 1. The van der Waals surface area contributed by atoms with Gasteiger partial charge in [-0.05, 0) is 30.9 Å². The largest absolute Gasteiger partial charge is 0.384 e. The number of amides is 1. The number of rotatable bonds is 3. The van der Waals surface area contributed by atoms with E-state index in [9.17, 15) is 4.79 Å². The van der Waals surface area contributed by atoms with Crippen molar-refractivity contribution < 1.29 is 9.53 Å². The van der Waals surface area contributed by atoms with Gasteiger partial charge in [0.05, 0.1) is 18.0 Å². The van der Waals surface area contributed by atoms with Crippen LogP contribution in [0.4, 0.5) is 11.4 Å². The Morgan fingerprint density at radius 1 is 1.38 bits per heavy atom. The molecule has 0 spiro atoms. The molecule has 1 amide bonds. The first-order valence-corrected chi connectivity index (χ1v) is 7.65. The van der Waals surface area contributed by atoms with Gasteiger partial charge in [0.15, 0.2) is 0 Å². The highest BCUT2D eigenvalue weighted by Gasteiger charge is 2.30. The number of anilines is 2. The van der Waals surface area contributed by atoms with Gasteiger partial charge in [0.25, 0.3) is 0 Å². The van der Waals surface area contributed by atoms with Gasteiger partial charge in [-0.15, -0.1) is 0 Å². The summed E-state index contributed by atoms with van der Waals surface area (Å²) in [6.45, 7) is 3.05. The first kappa shape index (κ1) is 14.2. The third-order valence-corrected chi connectivity index (χ3v) is 4.28. The standard InChI is InChI=1S/C16H23N3O2/c1-21-11-12-5-4-8-19(10-12)16(20)15-9-17-13-6-2-3-7-14(13)18-15/h2-3,6-7,12,15,17-18H,4-5,8-11H2,1H3. The predicted octanol–water partition coefficient (Wildman–Crippen LogP) is 1.78. The molecule has 2 aliphatic heterocycles. The van der Waals surface area contributed by atoms with E-state index in [1.54, 1.807) is 7.11 Å². The molecule has 114 valence electrons. The molecule has 1 aromatic rings. The fraction of sp³-hybridized carbons (Fsp3) is 0.562. The smallest absolute Gasteiger partial charge is 0.246 e. The molecule has 0 radical (unpaired) electrons. The zero-order chi connectivity index (χ0) is 14.7. The van der Waals surface area contributed by atoms with E-state index < -0.39 is 0 Å². The van der Waals surface area contributed by atoms with Crippen molar-refractivity contribution in [3.8, 4) is 0 Å². The highest BCUT2D eigenvalue weighted by atomic mass is 16.5. The Kier molecular flexibility index (Phi) is 4.29. The number of likely N-dealkylation sites (tertiary alicyclic amines) is 1. The minimum Gasteiger partial charge on any atom is -0.384 e. The molecule has 0 aromatic heterocycles. The van der Waals surface area contributed by atoms with Crippen LogP contribution in [0.3, 0.4) is 0 Å². The molecule has 2 unspecified atom stereocenters. The molecule has 2 N–H and O–H groups in total. The van der Waals surface area contributed by atoms with E-state index in [-0.39, 0.29) is 11.9 Å². The first-order valence-electron chi connectivity index (χ1n) is 7.65. The van der Waals surface area contributed by atoms with Gasteiger partial charge < -0.3 is 20.3 Å². The molecule has 1 saturated heterocycles. The van der Waals surface area contributed by atoms with Crippen LogP contribution in [0.5, 0.6) is 0 Å². The summed E-state index contributed by atoms with van der Waals surface area (Å²) in [7, 11) is 1.73. The lowest BCUT2D eigenvalue weighted by atomic mass is 9.98. The highest BCUT2D eigenvalue weighted by Crippen LogP contribution is 2.26. The Labute approximate surface area is 125 Å². The summed E-state index contributed by atoms with van der Waals surface area (Å²) in [5.74, 6) is 0.661. The number of piperidine rings is 1. The summed E-state index contributed by atoms with van der Waals surface area (Å²) in [6.07, 6.45) is 2.22. The second-order valence-electron chi connectivity index (χ2n) is 5.87. The van der Waals surface area contributed by atoms with Gasteiger partial charge in [-0.1, -0.05) is 12.1 Å². The molecule has 2 atom stereocenters. The average Bonchev–Trinajstić information content (AvgIpc) is 2.54. The van der Waals surface area contributed by atoms with Crippen LogP contribution in [0.2, 0.25) is 0 Å². The lowest BCUT2D eigenvalue weighted by Gasteiger charge is -2.36. The molecule has 0 bridgehead atoms. The summed E-state index contributed by atoms with van der Waals surface area (Å²) in [4.78, 5) is 14.7. The van der Waals surface area contributed by atoms with Crippen LogP contribution in [0.25, 0.3) is 0 Å². The summed E-state index contributed by atoms with van der Waals surface area (Å²) >= 11 is 0. The van der Waals surface area contributed by atoms with Crippen molar-refractivity contribution in [2.45, 2.75) is 18.9 Å². The minimum absolute atomic E-state index is 0.179. The molecular weight excluding hydrogens is 266 g/mol. The van der Waals surface area contributed by atoms with Crippen molar-refractivity contribution in [1.82, 2.24) is 4.90 Å². The molecule has 21 heavy (non-hydrogen) atoms. The molecule has 1 fully saturated rings. The average molecular weight is 289 g/mol. The minimum atomic E-state index is -0.179. The monoisotopic (exact) mass is 289 g/mol. The van der Waals surface area contributed by atoms with E-state index >= 15 is 0 Å². The van der Waals surface area contributed by atoms with E-state index in [1.165, 1.54) is 0 Å². The van der Waals surface area contributed by atoms with Gasteiger partial charge in [0.1, 0.15) is 6.04 Å². The Morgan fingerprint density at radius 2 is 2.19 bits per heavy atom. The Balaban J connectivity index is 1.63. The SMILES string of the molecule is COCC1CCCN(C(=O)C2CNc3ccccc3N2)C1. The van der Waals surface area contributed by atoms with Crippen LogP contribution < -0.4 is 10.6 Å². The molecular formula is C16H23N3O2. The fourth-order valence-electron chi connectivity index (χ4n) is 3.22. The van der Waals surface area contributed by atoms with E-state index in [1.807, 2.05) is 29.2 Å². The third kappa shape index (κ3) is 3.13. The van der Waals surface area contributed by atoms with Crippen molar-refractivity contribution in [2.75, 3.05) is 44.0 Å². The van der Waals surface area contributed by atoms with Gasteiger partial charge in [-0.2, -0.15) is 0 Å². The maximum atomic E-state index is 12.7. The molecule has 0 aliphatic carbocycles. The van der Waals surface area contributed by atoms with Crippen LogP contribution in [0, 0.1) is 5.92 Å². The molecule has 5 nitrogen and oxygen atoms in total. The maximum absolute atomic E-state index is 12.7. The number of carbonyl (C=O) groups excluding carboxylic acids is 1. The fourth-order valence-corrected chi connectivity index (χ4v) is 3.22. The normalized spacial score (nSPS) is 24.7. The van der Waals surface area contributed by atoms with Crippen LogP contribution >= 0.6 is 0 Å². The number of benzene rings is 1. The maximum Gasteiger partial charge on any atom is 0.246 e. The molecule has 0 saturated carbocycles. The van der Waals surface area contributed by atoms with Crippen LogP contribution in [0.1, 0.15) is 12.8 Å². The molecule has 2 aliphatic rings. The van der Waals surface area contributed by atoms with E-state index in [0.717, 1.165) is 43.9 Å². The first-order chi connectivity index (χ1) is 10.3. The van der Waals surface area contributed by atoms with Gasteiger partial charge in [-0.25, -0.2) is 0 Å². The number of hydrogen-bond acceptors (Lipinski definition) is 4. The van der Waals surface area contributed by atoms with Crippen LogP contribution in [-0.4, -0.2) is 50.2 Å². The number of nitrogens with one attached hydrogen (secondary N) is 2. The second kappa shape index (κ2) is 6.35. The number of nitrogens with zero attached hydrogens (tertiary/aromatic N) is 1. The lowest BCUT2D eigenvalue weighted by molar-refractivity contribution is -0.134. The number of hydrogen-bond donors (Lipinski definition) is 2. The van der Waals surface area contributed by atoms with E-state index in [0.29, 0.717) is 12.5 Å². The number of carbonyl (C=O) groups is 1. The third-order valence-electron chi connectivity index (χ3n) is 4.28. The van der Waals surface area contributed by atoms with Crippen molar-refractivity contribution >= 4 is 17.3 Å².